The number of hydrogen-bond acceptors (Lipinski definition) is 4. The number of benzene rings is 3. The van der Waals surface area contributed by atoms with E-state index in [0.29, 0.717) is 34.1 Å². The lowest BCUT2D eigenvalue weighted by atomic mass is 10.1. The van der Waals surface area contributed by atoms with Crippen molar-refractivity contribution in [2.24, 2.45) is 0 Å². The molecule has 4 rings (SSSR count). The van der Waals surface area contributed by atoms with Gasteiger partial charge in [-0.3, -0.25) is 9.10 Å². The molecule has 32 heavy (non-hydrogen) atoms. The van der Waals surface area contributed by atoms with Crippen LogP contribution >= 0.6 is 11.6 Å². The third kappa shape index (κ3) is 4.06. The van der Waals surface area contributed by atoms with Crippen LogP contribution in [0.3, 0.4) is 0 Å². The molecule has 0 unspecified atom stereocenters. The zero-order valence-corrected chi connectivity index (χ0v) is 19.5. The molecule has 3 aromatic rings. The Morgan fingerprint density at radius 3 is 2.47 bits per heavy atom. The summed E-state index contributed by atoms with van der Waals surface area (Å²) in [7, 11) is -2.18. The monoisotopic (exact) mass is 470 g/mol. The Kier molecular flexibility index (Phi) is 5.88. The van der Waals surface area contributed by atoms with Crippen molar-refractivity contribution in [3.05, 3.63) is 82.4 Å². The van der Waals surface area contributed by atoms with Crippen molar-refractivity contribution in [1.82, 2.24) is 0 Å². The molecule has 1 atom stereocenters. The van der Waals surface area contributed by atoms with Gasteiger partial charge in [-0.15, -0.1) is 0 Å². The topological polar surface area (TPSA) is 75.7 Å². The lowest BCUT2D eigenvalue weighted by Gasteiger charge is -2.24. The molecule has 1 heterocycles. The fourth-order valence-electron chi connectivity index (χ4n) is 3.88. The van der Waals surface area contributed by atoms with Crippen molar-refractivity contribution in [2.75, 3.05) is 16.7 Å². The summed E-state index contributed by atoms with van der Waals surface area (Å²) in [6.45, 7) is 3.78. The smallest absolute Gasteiger partial charge is 0.264 e. The molecule has 1 aliphatic rings. The summed E-state index contributed by atoms with van der Waals surface area (Å²) >= 11 is 6.13. The van der Waals surface area contributed by atoms with Crippen LogP contribution in [-0.2, 0) is 16.4 Å². The number of carbonyl (C=O) groups excluding carboxylic acids is 1. The Morgan fingerprint density at radius 2 is 1.81 bits per heavy atom. The summed E-state index contributed by atoms with van der Waals surface area (Å²) in [5.74, 6) is 0.215. The molecule has 0 saturated heterocycles. The molecule has 0 fully saturated rings. The highest BCUT2D eigenvalue weighted by molar-refractivity contribution is 7.92. The average molecular weight is 471 g/mol. The Bertz CT molecular complexity index is 1290. The first-order chi connectivity index (χ1) is 15.2. The fraction of sp³-hybridized carbons (Fsp3) is 0.208. The Balaban J connectivity index is 1.60. The number of hydrogen-bond donors (Lipinski definition) is 1. The first-order valence-corrected chi connectivity index (χ1v) is 11.9. The first kappa shape index (κ1) is 22.2. The molecule has 0 bridgehead atoms. The van der Waals surface area contributed by atoms with Gasteiger partial charge in [-0.1, -0.05) is 29.3 Å². The van der Waals surface area contributed by atoms with Gasteiger partial charge < -0.3 is 10.1 Å². The number of rotatable bonds is 5. The molecule has 1 N–H and O–H groups in total. The number of carbonyl (C=O) groups is 1. The molecule has 166 valence electrons. The number of aryl methyl sites for hydroxylation is 1. The molecule has 0 radical (unpaired) electrons. The van der Waals surface area contributed by atoms with E-state index in [2.05, 4.69) is 5.32 Å². The van der Waals surface area contributed by atoms with Gasteiger partial charge in [0.05, 0.1) is 22.7 Å². The maximum absolute atomic E-state index is 13.3. The second kappa shape index (κ2) is 8.48. The van der Waals surface area contributed by atoms with Crippen LogP contribution in [-0.4, -0.2) is 27.5 Å². The van der Waals surface area contributed by atoms with Crippen molar-refractivity contribution in [3.8, 4) is 5.75 Å². The van der Waals surface area contributed by atoms with Gasteiger partial charge in [-0.25, -0.2) is 8.42 Å². The molecular weight excluding hydrogens is 448 g/mol. The van der Waals surface area contributed by atoms with Crippen LogP contribution in [0.1, 0.15) is 28.4 Å². The quantitative estimate of drug-likeness (QED) is 0.566. The zero-order chi connectivity index (χ0) is 23.0. The van der Waals surface area contributed by atoms with Crippen molar-refractivity contribution < 1.29 is 17.9 Å². The zero-order valence-electron chi connectivity index (χ0n) is 17.9. The van der Waals surface area contributed by atoms with Crippen molar-refractivity contribution in [2.45, 2.75) is 31.2 Å². The van der Waals surface area contributed by atoms with Gasteiger partial charge in [-0.2, -0.15) is 0 Å². The minimum absolute atomic E-state index is 0.251. The fourth-order valence-corrected chi connectivity index (χ4v) is 5.83. The largest absolute Gasteiger partial charge is 0.495 e. The van der Waals surface area contributed by atoms with Gasteiger partial charge in [0, 0.05) is 17.3 Å². The summed E-state index contributed by atoms with van der Waals surface area (Å²) in [5.41, 5.74) is 3.39. The minimum Gasteiger partial charge on any atom is -0.495 e. The molecule has 1 aliphatic heterocycles. The predicted molar refractivity (Wildman–Crippen MR) is 126 cm³/mol. The van der Waals surface area contributed by atoms with Gasteiger partial charge in [0.25, 0.3) is 15.9 Å². The van der Waals surface area contributed by atoms with E-state index in [9.17, 15) is 13.2 Å². The van der Waals surface area contributed by atoms with Gasteiger partial charge in [0.2, 0.25) is 0 Å². The molecule has 0 saturated carbocycles. The Hall–Kier alpha value is -3.03. The molecule has 1 amide bonds. The van der Waals surface area contributed by atoms with E-state index in [4.69, 9.17) is 16.3 Å². The van der Waals surface area contributed by atoms with Gasteiger partial charge in [-0.05, 0) is 74.4 Å². The minimum atomic E-state index is -3.70. The van der Waals surface area contributed by atoms with Crippen molar-refractivity contribution in [1.29, 1.82) is 0 Å². The maximum atomic E-state index is 13.3. The molecule has 8 heteroatoms. The van der Waals surface area contributed by atoms with E-state index in [1.165, 1.54) is 11.4 Å². The number of nitrogens with one attached hydrogen (secondary N) is 1. The van der Waals surface area contributed by atoms with Crippen molar-refractivity contribution in [3.63, 3.8) is 0 Å². The standard InChI is InChI=1S/C24H23ClN2O4S/c1-15-4-8-20(9-5-15)32(29,30)27-16(2)12-18-13-17(6-10-22(18)27)24(28)26-19-7-11-23(31-3)21(25)14-19/h4-11,13-14,16H,12H2,1-3H3,(H,26,28)/t16-/m1/s1. The van der Waals surface area contributed by atoms with E-state index >= 15 is 0 Å². The lowest BCUT2D eigenvalue weighted by Crippen LogP contribution is -2.35. The predicted octanol–water partition coefficient (Wildman–Crippen LogP) is 5.05. The number of nitrogens with zero attached hydrogens (tertiary/aromatic N) is 1. The molecule has 6 nitrogen and oxygen atoms in total. The third-order valence-electron chi connectivity index (χ3n) is 5.48. The molecule has 0 spiro atoms. The normalized spacial score (nSPS) is 15.4. The van der Waals surface area contributed by atoms with E-state index in [0.717, 1.165) is 11.1 Å². The lowest BCUT2D eigenvalue weighted by molar-refractivity contribution is 0.102. The van der Waals surface area contributed by atoms with E-state index in [1.54, 1.807) is 60.7 Å². The number of halogens is 1. The number of sulfonamides is 1. The maximum Gasteiger partial charge on any atom is 0.264 e. The number of methoxy groups -OCH3 is 1. The van der Waals surface area contributed by atoms with Gasteiger partial charge in [0.15, 0.2) is 0 Å². The van der Waals surface area contributed by atoms with E-state index in [-0.39, 0.29) is 16.8 Å². The highest BCUT2D eigenvalue weighted by Gasteiger charge is 2.36. The molecule has 0 aromatic heterocycles. The van der Waals surface area contributed by atoms with Crippen LogP contribution in [0.5, 0.6) is 5.75 Å². The third-order valence-corrected chi connectivity index (χ3v) is 7.72. The molecular formula is C24H23ClN2O4S. The van der Waals surface area contributed by atoms with E-state index < -0.39 is 10.0 Å². The summed E-state index contributed by atoms with van der Waals surface area (Å²) in [4.78, 5) is 13.0. The number of ether oxygens (including phenoxy) is 1. The molecule has 3 aromatic carbocycles. The first-order valence-electron chi connectivity index (χ1n) is 10.1. The second-order valence-corrected chi connectivity index (χ2v) is 10.0. The van der Waals surface area contributed by atoms with E-state index in [1.807, 2.05) is 13.8 Å². The average Bonchev–Trinajstić information content (AvgIpc) is 3.09. The number of anilines is 2. The second-order valence-electron chi connectivity index (χ2n) is 7.81. The van der Waals surface area contributed by atoms with Gasteiger partial charge in [0.1, 0.15) is 5.75 Å². The number of fused-ring (bicyclic) bond motifs is 1. The number of amides is 1. The molecule has 0 aliphatic carbocycles. The summed E-state index contributed by atoms with van der Waals surface area (Å²) < 4.78 is 33.1. The van der Waals surface area contributed by atoms with Crippen LogP contribution in [0.2, 0.25) is 5.02 Å². The van der Waals surface area contributed by atoms with Crippen molar-refractivity contribution >= 4 is 38.9 Å². The Morgan fingerprint density at radius 1 is 1.09 bits per heavy atom. The van der Waals surface area contributed by atoms with Gasteiger partial charge >= 0.3 is 0 Å². The Labute approximate surface area is 192 Å². The SMILES string of the molecule is COc1ccc(NC(=O)c2ccc3c(c2)C[C@@H](C)N3S(=O)(=O)c2ccc(C)cc2)cc1Cl. The summed E-state index contributed by atoms with van der Waals surface area (Å²) in [5, 5.41) is 3.21. The summed E-state index contributed by atoms with van der Waals surface area (Å²) in [6, 6.07) is 16.6. The van der Waals surface area contributed by atoms with Crippen LogP contribution in [0, 0.1) is 6.92 Å². The highest BCUT2D eigenvalue weighted by Crippen LogP contribution is 2.37. The summed E-state index contributed by atoms with van der Waals surface area (Å²) in [6.07, 6.45) is 0.524. The van der Waals surface area contributed by atoms with Crippen LogP contribution in [0.4, 0.5) is 11.4 Å². The van der Waals surface area contributed by atoms with Crippen LogP contribution in [0.25, 0.3) is 0 Å². The van der Waals surface area contributed by atoms with Crippen LogP contribution in [0.15, 0.2) is 65.6 Å². The highest BCUT2D eigenvalue weighted by atomic mass is 35.5. The van der Waals surface area contributed by atoms with Crippen LogP contribution < -0.4 is 14.4 Å².